The van der Waals surface area contributed by atoms with Crippen molar-refractivity contribution in [3.63, 3.8) is 0 Å². The number of carbonyl (C=O) groups excluding carboxylic acids is 3. The summed E-state index contributed by atoms with van der Waals surface area (Å²) in [5, 5.41) is 2.86. The average Bonchev–Trinajstić information content (AvgIpc) is 2.70. The van der Waals surface area contributed by atoms with Gasteiger partial charge in [0, 0.05) is 24.6 Å². The van der Waals surface area contributed by atoms with Crippen molar-refractivity contribution in [1.82, 2.24) is 10.2 Å². The standard InChI is InChI=1S/C19H27N3O4S/c1-26-15-5-3-14(4-6-15)18(24)21-16(9-12-27-2)19(25)22-10-7-13(8-11-22)17(20)23/h3-6,13,16H,7-12H2,1-2H3,(H2,20,23)(H,21,24)/t16-/m0/s1. The number of ether oxygens (including phenoxy) is 1. The van der Waals surface area contributed by atoms with Crippen molar-refractivity contribution >= 4 is 29.5 Å². The molecule has 0 aromatic heterocycles. The average molecular weight is 394 g/mol. The third-order valence-corrected chi connectivity index (χ3v) is 5.42. The van der Waals surface area contributed by atoms with Gasteiger partial charge in [0.25, 0.3) is 5.91 Å². The second-order valence-electron chi connectivity index (χ2n) is 6.54. The van der Waals surface area contributed by atoms with Gasteiger partial charge >= 0.3 is 0 Å². The molecule has 1 aromatic carbocycles. The second-order valence-corrected chi connectivity index (χ2v) is 7.52. The lowest BCUT2D eigenvalue weighted by molar-refractivity contribution is -0.136. The zero-order valence-electron chi connectivity index (χ0n) is 15.8. The predicted octanol–water partition coefficient (Wildman–Crippen LogP) is 1.27. The Labute approximate surface area is 164 Å². The minimum absolute atomic E-state index is 0.103. The van der Waals surface area contributed by atoms with Gasteiger partial charge in [0.15, 0.2) is 0 Å². The van der Waals surface area contributed by atoms with Crippen molar-refractivity contribution in [3.8, 4) is 5.75 Å². The maximum Gasteiger partial charge on any atom is 0.251 e. The van der Waals surface area contributed by atoms with Crippen LogP contribution in [0.1, 0.15) is 29.6 Å². The number of carbonyl (C=O) groups is 3. The number of nitrogens with one attached hydrogen (secondary N) is 1. The molecule has 148 valence electrons. The fourth-order valence-corrected chi connectivity index (χ4v) is 3.55. The fourth-order valence-electron chi connectivity index (χ4n) is 3.08. The van der Waals surface area contributed by atoms with Gasteiger partial charge in [0.05, 0.1) is 7.11 Å². The van der Waals surface area contributed by atoms with E-state index in [1.165, 1.54) is 0 Å². The Morgan fingerprint density at radius 1 is 1.26 bits per heavy atom. The number of hydrogen-bond donors (Lipinski definition) is 2. The van der Waals surface area contributed by atoms with E-state index in [0.717, 1.165) is 5.75 Å². The number of nitrogens with two attached hydrogens (primary N) is 1. The van der Waals surface area contributed by atoms with Crippen molar-refractivity contribution in [2.75, 3.05) is 32.2 Å². The molecule has 1 aliphatic heterocycles. The largest absolute Gasteiger partial charge is 0.497 e. The molecule has 27 heavy (non-hydrogen) atoms. The third-order valence-electron chi connectivity index (χ3n) is 4.78. The normalized spacial score (nSPS) is 15.9. The molecule has 0 aliphatic carbocycles. The number of hydrogen-bond acceptors (Lipinski definition) is 5. The number of amides is 3. The Bertz CT molecular complexity index is 657. The van der Waals surface area contributed by atoms with Crippen molar-refractivity contribution in [2.45, 2.75) is 25.3 Å². The van der Waals surface area contributed by atoms with Crippen molar-refractivity contribution in [1.29, 1.82) is 0 Å². The van der Waals surface area contributed by atoms with Gasteiger partial charge < -0.3 is 20.7 Å². The van der Waals surface area contributed by atoms with E-state index in [-0.39, 0.29) is 23.6 Å². The van der Waals surface area contributed by atoms with Gasteiger partial charge in [-0.3, -0.25) is 14.4 Å². The van der Waals surface area contributed by atoms with E-state index >= 15 is 0 Å². The molecular formula is C19H27N3O4S. The molecule has 2 rings (SSSR count). The Balaban J connectivity index is 2.01. The molecule has 0 saturated carbocycles. The number of methoxy groups -OCH3 is 1. The minimum atomic E-state index is -0.586. The summed E-state index contributed by atoms with van der Waals surface area (Å²) in [6, 6.07) is 6.17. The van der Waals surface area contributed by atoms with Crippen LogP contribution in [0.4, 0.5) is 0 Å². The summed E-state index contributed by atoms with van der Waals surface area (Å²) in [6.07, 6.45) is 3.66. The molecule has 1 aromatic rings. The zero-order valence-corrected chi connectivity index (χ0v) is 16.6. The maximum absolute atomic E-state index is 12.9. The van der Waals surface area contributed by atoms with Gasteiger partial charge in [0.1, 0.15) is 11.8 Å². The van der Waals surface area contributed by atoms with Crippen LogP contribution in [0.3, 0.4) is 0 Å². The lowest BCUT2D eigenvalue weighted by Gasteiger charge is -2.33. The Morgan fingerprint density at radius 3 is 2.41 bits per heavy atom. The van der Waals surface area contributed by atoms with E-state index < -0.39 is 6.04 Å². The van der Waals surface area contributed by atoms with E-state index in [1.54, 1.807) is 48.0 Å². The van der Waals surface area contributed by atoms with Gasteiger partial charge in [-0.2, -0.15) is 11.8 Å². The molecule has 1 heterocycles. The van der Waals surface area contributed by atoms with Crippen LogP contribution in [0, 0.1) is 5.92 Å². The van der Waals surface area contributed by atoms with Crippen LogP contribution in [-0.4, -0.2) is 60.9 Å². The van der Waals surface area contributed by atoms with Crippen LogP contribution in [0.15, 0.2) is 24.3 Å². The van der Waals surface area contributed by atoms with Crippen LogP contribution < -0.4 is 15.8 Å². The molecule has 1 atom stereocenters. The van der Waals surface area contributed by atoms with Gasteiger partial charge in [-0.05, 0) is 55.5 Å². The fraction of sp³-hybridized carbons (Fsp3) is 0.526. The lowest BCUT2D eigenvalue weighted by atomic mass is 9.95. The highest BCUT2D eigenvalue weighted by molar-refractivity contribution is 7.98. The highest BCUT2D eigenvalue weighted by Crippen LogP contribution is 2.18. The molecule has 1 fully saturated rings. The van der Waals surface area contributed by atoms with Gasteiger partial charge in [-0.1, -0.05) is 0 Å². The Hall–Kier alpha value is -2.22. The Morgan fingerprint density at radius 2 is 1.89 bits per heavy atom. The number of piperidine rings is 1. The second kappa shape index (κ2) is 10.2. The summed E-state index contributed by atoms with van der Waals surface area (Å²) in [7, 11) is 1.56. The molecule has 1 saturated heterocycles. The summed E-state index contributed by atoms with van der Waals surface area (Å²) in [5.74, 6) is 0.551. The summed E-state index contributed by atoms with van der Waals surface area (Å²) < 4.78 is 5.10. The van der Waals surface area contributed by atoms with E-state index in [2.05, 4.69) is 5.32 Å². The summed E-state index contributed by atoms with van der Waals surface area (Å²) in [6.45, 7) is 0.973. The van der Waals surface area contributed by atoms with Crippen molar-refractivity contribution < 1.29 is 19.1 Å². The molecule has 0 unspecified atom stereocenters. The quantitative estimate of drug-likeness (QED) is 0.693. The minimum Gasteiger partial charge on any atom is -0.497 e. The van der Waals surface area contributed by atoms with Crippen LogP contribution >= 0.6 is 11.8 Å². The van der Waals surface area contributed by atoms with Gasteiger partial charge in [-0.25, -0.2) is 0 Å². The molecule has 0 bridgehead atoms. The van der Waals surface area contributed by atoms with E-state index in [1.807, 2.05) is 6.26 Å². The molecular weight excluding hydrogens is 366 g/mol. The number of nitrogens with zero attached hydrogens (tertiary/aromatic N) is 1. The highest BCUT2D eigenvalue weighted by atomic mass is 32.2. The van der Waals surface area contributed by atoms with Crippen molar-refractivity contribution in [2.24, 2.45) is 11.7 Å². The first-order chi connectivity index (χ1) is 13.0. The first kappa shape index (κ1) is 21.1. The molecule has 0 radical (unpaired) electrons. The number of benzene rings is 1. The molecule has 1 aliphatic rings. The Kier molecular flexibility index (Phi) is 7.97. The molecule has 3 N–H and O–H groups in total. The van der Waals surface area contributed by atoms with E-state index in [4.69, 9.17) is 10.5 Å². The van der Waals surface area contributed by atoms with Gasteiger partial charge in [0.2, 0.25) is 11.8 Å². The topological polar surface area (TPSA) is 102 Å². The lowest BCUT2D eigenvalue weighted by Crippen LogP contribution is -2.51. The first-order valence-corrected chi connectivity index (χ1v) is 10.4. The third kappa shape index (κ3) is 5.89. The SMILES string of the molecule is COc1ccc(C(=O)N[C@@H](CCSC)C(=O)N2CCC(C(N)=O)CC2)cc1. The summed E-state index contributed by atoms with van der Waals surface area (Å²) in [5.41, 5.74) is 5.83. The predicted molar refractivity (Wildman–Crippen MR) is 106 cm³/mol. The van der Waals surface area contributed by atoms with Crippen molar-refractivity contribution in [3.05, 3.63) is 29.8 Å². The van der Waals surface area contributed by atoms with E-state index in [9.17, 15) is 14.4 Å². The zero-order chi connectivity index (χ0) is 19.8. The number of likely N-dealkylation sites (tertiary alicyclic amines) is 1. The smallest absolute Gasteiger partial charge is 0.251 e. The number of primary amides is 1. The summed E-state index contributed by atoms with van der Waals surface area (Å²) in [4.78, 5) is 38.5. The number of rotatable bonds is 8. The van der Waals surface area contributed by atoms with Crippen LogP contribution in [0.2, 0.25) is 0 Å². The summed E-state index contributed by atoms with van der Waals surface area (Å²) >= 11 is 1.63. The van der Waals surface area contributed by atoms with Gasteiger partial charge in [-0.15, -0.1) is 0 Å². The molecule has 0 spiro atoms. The molecule has 3 amide bonds. The maximum atomic E-state index is 12.9. The molecule has 7 nitrogen and oxygen atoms in total. The first-order valence-electron chi connectivity index (χ1n) is 8.98. The van der Waals surface area contributed by atoms with Crippen LogP contribution in [-0.2, 0) is 9.59 Å². The number of thioether (sulfide) groups is 1. The monoisotopic (exact) mass is 393 g/mol. The molecule has 8 heteroatoms. The van der Waals surface area contributed by atoms with Crippen LogP contribution in [0.25, 0.3) is 0 Å². The highest BCUT2D eigenvalue weighted by Gasteiger charge is 2.30. The van der Waals surface area contributed by atoms with E-state index in [0.29, 0.717) is 43.7 Å². The van der Waals surface area contributed by atoms with Crippen LogP contribution in [0.5, 0.6) is 5.75 Å².